The number of nitrogens with zero attached hydrogens (tertiary/aromatic N) is 2. The lowest BCUT2D eigenvalue weighted by atomic mass is 10.3. The van der Waals surface area contributed by atoms with Crippen molar-refractivity contribution in [1.82, 2.24) is 4.98 Å². The Kier molecular flexibility index (Phi) is 3.25. The summed E-state index contributed by atoms with van der Waals surface area (Å²) < 4.78 is 0. The van der Waals surface area contributed by atoms with Crippen LogP contribution in [0.2, 0.25) is 0 Å². The minimum atomic E-state index is 0.0119. The fourth-order valence-electron chi connectivity index (χ4n) is 0.833. The van der Waals surface area contributed by atoms with Gasteiger partial charge >= 0.3 is 0 Å². The average molecular weight is 182 g/mol. The molecule has 64 valence electrons. The lowest BCUT2D eigenvalue weighted by Gasteiger charge is -2.02. The Hall–Kier alpha value is -0.870. The third-order valence-corrected chi connectivity index (χ3v) is 2.18. The maximum absolute atomic E-state index is 8.83. The minimum Gasteiger partial charge on any atom is -0.392 e. The van der Waals surface area contributed by atoms with Gasteiger partial charge in [0.25, 0.3) is 0 Å². The molecule has 0 saturated heterocycles. The van der Waals surface area contributed by atoms with E-state index in [1.807, 2.05) is 12.3 Å². The Labute approximate surface area is 75.6 Å². The molecule has 0 spiro atoms. The van der Waals surface area contributed by atoms with Crippen LogP contribution in [0.4, 0.5) is 5.82 Å². The summed E-state index contributed by atoms with van der Waals surface area (Å²) in [4.78, 5) is 8.72. The summed E-state index contributed by atoms with van der Waals surface area (Å²) in [6.45, 7) is 3.42. The molecule has 0 fully saturated rings. The molecule has 1 aromatic rings. The molecule has 1 N–H and O–H groups in total. The molecule has 1 aromatic heterocycles. The molecular weight excluding hydrogens is 172 g/mol. The van der Waals surface area contributed by atoms with Crippen molar-refractivity contribution in [3.63, 3.8) is 0 Å². The average Bonchev–Trinajstić information content (AvgIpc) is 2.16. The highest BCUT2D eigenvalue weighted by Gasteiger charge is 2.01. The van der Waals surface area contributed by atoms with E-state index in [4.69, 9.17) is 5.11 Å². The molecule has 12 heavy (non-hydrogen) atoms. The zero-order chi connectivity index (χ0) is 8.97. The maximum atomic E-state index is 8.83. The second kappa shape index (κ2) is 4.23. The van der Waals surface area contributed by atoms with Crippen LogP contribution in [0, 0.1) is 0 Å². The highest BCUT2D eigenvalue weighted by molar-refractivity contribution is 7.98. The summed E-state index contributed by atoms with van der Waals surface area (Å²) in [5.74, 6) is 0.625. The van der Waals surface area contributed by atoms with Gasteiger partial charge < -0.3 is 5.11 Å². The van der Waals surface area contributed by atoms with E-state index in [0.717, 1.165) is 10.5 Å². The van der Waals surface area contributed by atoms with Crippen LogP contribution < -0.4 is 0 Å². The molecule has 0 saturated carbocycles. The van der Waals surface area contributed by atoms with Crippen molar-refractivity contribution in [3.8, 4) is 0 Å². The number of aliphatic imine (C=N–C) groups is 1. The molecule has 0 amide bonds. The molecule has 4 heteroatoms. The van der Waals surface area contributed by atoms with Crippen molar-refractivity contribution < 1.29 is 5.11 Å². The lowest BCUT2D eigenvalue weighted by molar-refractivity contribution is 0.281. The van der Waals surface area contributed by atoms with Gasteiger partial charge in [0.1, 0.15) is 0 Å². The fourth-order valence-corrected chi connectivity index (χ4v) is 1.40. The molecule has 0 bridgehead atoms. The number of hydrogen-bond acceptors (Lipinski definition) is 4. The Morgan fingerprint density at radius 2 is 2.50 bits per heavy atom. The van der Waals surface area contributed by atoms with Crippen molar-refractivity contribution >= 4 is 24.3 Å². The molecule has 3 nitrogen and oxygen atoms in total. The first-order valence-electron chi connectivity index (χ1n) is 3.42. The van der Waals surface area contributed by atoms with Gasteiger partial charge in [-0.25, -0.2) is 9.98 Å². The number of rotatable bonds is 3. The SMILES string of the molecule is C=Nc1ncc(CO)cc1SC. The Morgan fingerprint density at radius 3 is 3.00 bits per heavy atom. The smallest absolute Gasteiger partial charge is 0.165 e. The predicted molar refractivity (Wildman–Crippen MR) is 51.1 cm³/mol. The predicted octanol–water partition coefficient (Wildman–Crippen LogP) is 1.63. The third kappa shape index (κ3) is 1.84. The highest BCUT2D eigenvalue weighted by Crippen LogP contribution is 2.25. The molecule has 0 unspecified atom stereocenters. The molecule has 0 aliphatic carbocycles. The number of aliphatic hydroxyl groups excluding tert-OH is 1. The standard InChI is InChI=1S/C8H10N2OS/c1-9-8-7(12-2)3-6(5-11)4-10-8/h3-4,11H,1,5H2,2H3. The van der Waals surface area contributed by atoms with E-state index < -0.39 is 0 Å². The number of pyridine rings is 1. The molecule has 0 radical (unpaired) electrons. The number of hydrogen-bond donors (Lipinski definition) is 1. The second-order valence-electron chi connectivity index (χ2n) is 2.19. The Balaban J connectivity index is 3.10. The first kappa shape index (κ1) is 9.22. The molecule has 0 aliphatic rings. The summed E-state index contributed by atoms with van der Waals surface area (Å²) in [7, 11) is 0. The molecule has 1 rings (SSSR count). The monoisotopic (exact) mass is 182 g/mol. The zero-order valence-corrected chi connectivity index (χ0v) is 7.64. The molecule has 0 aromatic carbocycles. The van der Waals surface area contributed by atoms with Crippen LogP contribution >= 0.6 is 11.8 Å². The van der Waals surface area contributed by atoms with Gasteiger partial charge in [-0.2, -0.15) is 0 Å². The van der Waals surface area contributed by atoms with E-state index in [1.54, 1.807) is 18.0 Å². The summed E-state index contributed by atoms with van der Waals surface area (Å²) in [6, 6.07) is 1.86. The van der Waals surface area contributed by atoms with Gasteiger partial charge in [-0.05, 0) is 24.6 Å². The van der Waals surface area contributed by atoms with E-state index >= 15 is 0 Å². The van der Waals surface area contributed by atoms with Crippen LogP contribution in [-0.2, 0) is 6.61 Å². The summed E-state index contributed by atoms with van der Waals surface area (Å²) in [5.41, 5.74) is 0.798. The topological polar surface area (TPSA) is 45.5 Å². The van der Waals surface area contributed by atoms with Gasteiger partial charge in [0, 0.05) is 6.20 Å². The highest BCUT2D eigenvalue weighted by atomic mass is 32.2. The van der Waals surface area contributed by atoms with Crippen molar-refractivity contribution in [2.75, 3.05) is 6.26 Å². The van der Waals surface area contributed by atoms with Crippen LogP contribution in [0.1, 0.15) is 5.56 Å². The van der Waals surface area contributed by atoms with Gasteiger partial charge in [-0.3, -0.25) is 0 Å². The van der Waals surface area contributed by atoms with E-state index in [9.17, 15) is 0 Å². The van der Waals surface area contributed by atoms with E-state index in [1.165, 1.54) is 0 Å². The van der Waals surface area contributed by atoms with E-state index in [2.05, 4.69) is 16.7 Å². The molecular formula is C8H10N2OS. The Morgan fingerprint density at radius 1 is 1.75 bits per heavy atom. The largest absolute Gasteiger partial charge is 0.392 e. The van der Waals surface area contributed by atoms with Crippen LogP contribution in [0.5, 0.6) is 0 Å². The summed E-state index contributed by atoms with van der Waals surface area (Å²) in [5, 5.41) is 8.83. The lowest BCUT2D eigenvalue weighted by Crippen LogP contribution is -1.86. The van der Waals surface area contributed by atoms with E-state index in [-0.39, 0.29) is 6.61 Å². The van der Waals surface area contributed by atoms with Crippen LogP contribution in [0.15, 0.2) is 22.2 Å². The first-order chi connectivity index (χ1) is 5.81. The van der Waals surface area contributed by atoms with E-state index in [0.29, 0.717) is 5.82 Å². The summed E-state index contributed by atoms with van der Waals surface area (Å²) >= 11 is 1.54. The van der Waals surface area contributed by atoms with Gasteiger partial charge in [0.05, 0.1) is 11.5 Å². The van der Waals surface area contributed by atoms with Crippen molar-refractivity contribution in [3.05, 3.63) is 17.8 Å². The van der Waals surface area contributed by atoms with Gasteiger partial charge in [-0.15, -0.1) is 11.8 Å². The first-order valence-corrected chi connectivity index (χ1v) is 4.64. The molecule has 0 aliphatic heterocycles. The van der Waals surface area contributed by atoms with Crippen molar-refractivity contribution in [2.45, 2.75) is 11.5 Å². The zero-order valence-electron chi connectivity index (χ0n) is 6.82. The van der Waals surface area contributed by atoms with Crippen LogP contribution in [0.3, 0.4) is 0 Å². The van der Waals surface area contributed by atoms with Crippen molar-refractivity contribution in [2.24, 2.45) is 4.99 Å². The normalized spacial score (nSPS) is 9.83. The van der Waals surface area contributed by atoms with Gasteiger partial charge in [0.2, 0.25) is 0 Å². The van der Waals surface area contributed by atoms with Gasteiger partial charge in [-0.1, -0.05) is 0 Å². The van der Waals surface area contributed by atoms with Crippen molar-refractivity contribution in [1.29, 1.82) is 0 Å². The summed E-state index contributed by atoms with van der Waals surface area (Å²) in [6.07, 6.45) is 3.54. The number of thioether (sulfide) groups is 1. The molecule has 0 atom stereocenters. The molecule has 1 heterocycles. The van der Waals surface area contributed by atoms with Crippen LogP contribution in [0.25, 0.3) is 0 Å². The quantitative estimate of drug-likeness (QED) is 0.571. The number of aromatic nitrogens is 1. The van der Waals surface area contributed by atoms with Crippen LogP contribution in [-0.4, -0.2) is 23.1 Å². The number of aliphatic hydroxyl groups is 1. The Bertz CT molecular complexity index is 288. The minimum absolute atomic E-state index is 0.0119. The second-order valence-corrected chi connectivity index (χ2v) is 3.03. The third-order valence-electron chi connectivity index (χ3n) is 1.44. The maximum Gasteiger partial charge on any atom is 0.165 e. The fraction of sp³-hybridized carbons (Fsp3) is 0.250. The van der Waals surface area contributed by atoms with Gasteiger partial charge in [0.15, 0.2) is 5.82 Å².